The molecule has 1 fully saturated rings. The van der Waals surface area contributed by atoms with E-state index in [4.69, 9.17) is 0 Å². The number of hydrogen-bond donors (Lipinski definition) is 1. The lowest BCUT2D eigenvalue weighted by Gasteiger charge is -2.09. The van der Waals surface area contributed by atoms with Crippen LogP contribution in [0.25, 0.3) is 11.3 Å². The van der Waals surface area contributed by atoms with E-state index < -0.39 is 0 Å². The van der Waals surface area contributed by atoms with Crippen molar-refractivity contribution in [1.29, 1.82) is 0 Å². The summed E-state index contributed by atoms with van der Waals surface area (Å²) in [5.41, 5.74) is 3.74. The first kappa shape index (κ1) is 12.4. The minimum absolute atomic E-state index is 0.169. The molecule has 1 aliphatic rings. The van der Waals surface area contributed by atoms with Gasteiger partial charge in [0.1, 0.15) is 5.82 Å². The number of aryl methyl sites for hydroxylation is 2. The molecule has 3 rings (SSSR count). The Morgan fingerprint density at radius 2 is 2.21 bits per heavy atom. The van der Waals surface area contributed by atoms with Gasteiger partial charge in [-0.25, -0.2) is 4.39 Å². The molecule has 0 bridgehead atoms. The molecule has 2 heterocycles. The summed E-state index contributed by atoms with van der Waals surface area (Å²) in [6.45, 7) is 2.85. The first-order valence-corrected chi connectivity index (χ1v) is 6.69. The van der Waals surface area contributed by atoms with E-state index in [9.17, 15) is 4.39 Å². The van der Waals surface area contributed by atoms with Gasteiger partial charge in [-0.2, -0.15) is 5.10 Å². The van der Waals surface area contributed by atoms with Crippen LogP contribution in [-0.4, -0.2) is 16.3 Å². The van der Waals surface area contributed by atoms with Crippen LogP contribution in [0, 0.1) is 12.7 Å². The SMILES string of the molecule is Cc1cc(-c2cc(C3CCCN3)n(C)n2)ccc1F. The molecule has 4 heteroatoms. The third-order valence-electron chi connectivity index (χ3n) is 3.79. The molecule has 0 spiro atoms. The summed E-state index contributed by atoms with van der Waals surface area (Å²) in [7, 11) is 1.97. The molecule has 1 aromatic heterocycles. The normalized spacial score (nSPS) is 19.0. The predicted octanol–water partition coefficient (Wildman–Crippen LogP) is 2.96. The fourth-order valence-electron chi connectivity index (χ4n) is 2.69. The van der Waals surface area contributed by atoms with Crippen LogP contribution < -0.4 is 5.32 Å². The lowest BCUT2D eigenvalue weighted by Crippen LogP contribution is -2.16. The smallest absolute Gasteiger partial charge is 0.126 e. The molecule has 19 heavy (non-hydrogen) atoms. The van der Waals surface area contributed by atoms with Gasteiger partial charge in [0.05, 0.1) is 11.4 Å². The fourth-order valence-corrected chi connectivity index (χ4v) is 2.69. The van der Waals surface area contributed by atoms with Gasteiger partial charge in [0.25, 0.3) is 0 Å². The van der Waals surface area contributed by atoms with E-state index in [1.165, 1.54) is 18.2 Å². The van der Waals surface area contributed by atoms with Gasteiger partial charge in [0.15, 0.2) is 0 Å². The van der Waals surface area contributed by atoms with E-state index in [2.05, 4.69) is 16.5 Å². The molecule has 1 N–H and O–H groups in total. The average Bonchev–Trinajstić information content (AvgIpc) is 3.01. The monoisotopic (exact) mass is 259 g/mol. The highest BCUT2D eigenvalue weighted by Crippen LogP contribution is 2.27. The van der Waals surface area contributed by atoms with E-state index in [1.54, 1.807) is 13.0 Å². The minimum Gasteiger partial charge on any atom is -0.309 e. The largest absolute Gasteiger partial charge is 0.309 e. The van der Waals surface area contributed by atoms with Gasteiger partial charge in [-0.15, -0.1) is 0 Å². The van der Waals surface area contributed by atoms with Crippen molar-refractivity contribution in [3.8, 4) is 11.3 Å². The summed E-state index contributed by atoms with van der Waals surface area (Å²) in [6, 6.07) is 7.65. The quantitative estimate of drug-likeness (QED) is 0.898. The van der Waals surface area contributed by atoms with Crippen molar-refractivity contribution in [3.05, 3.63) is 41.3 Å². The number of nitrogens with one attached hydrogen (secondary N) is 1. The minimum atomic E-state index is -0.169. The number of nitrogens with zero attached hydrogens (tertiary/aromatic N) is 2. The highest BCUT2D eigenvalue weighted by Gasteiger charge is 2.20. The molecule has 0 aliphatic carbocycles. The molecule has 0 saturated carbocycles. The summed E-state index contributed by atoms with van der Waals surface area (Å²) in [5, 5.41) is 8.03. The second kappa shape index (κ2) is 4.78. The van der Waals surface area contributed by atoms with E-state index in [0.29, 0.717) is 11.6 Å². The zero-order valence-corrected chi connectivity index (χ0v) is 11.3. The Morgan fingerprint density at radius 1 is 1.37 bits per heavy atom. The lowest BCUT2D eigenvalue weighted by atomic mass is 10.1. The number of halogens is 1. The lowest BCUT2D eigenvalue weighted by molar-refractivity contribution is 0.574. The molecule has 1 saturated heterocycles. The standard InChI is InChI=1S/C15H18FN3/c1-10-8-11(5-6-12(10)16)14-9-15(19(2)18-14)13-4-3-7-17-13/h5-6,8-9,13,17H,3-4,7H2,1-2H3. The maximum atomic E-state index is 13.3. The topological polar surface area (TPSA) is 29.9 Å². The molecule has 1 aliphatic heterocycles. The van der Waals surface area contributed by atoms with Crippen molar-refractivity contribution in [3.63, 3.8) is 0 Å². The zero-order valence-electron chi connectivity index (χ0n) is 11.3. The summed E-state index contributed by atoms with van der Waals surface area (Å²) in [6.07, 6.45) is 2.36. The number of benzene rings is 1. The second-order valence-electron chi connectivity index (χ2n) is 5.19. The third kappa shape index (κ3) is 2.28. The molecule has 0 radical (unpaired) electrons. The number of rotatable bonds is 2. The molecule has 0 amide bonds. The Bertz CT molecular complexity index is 597. The van der Waals surface area contributed by atoms with Gasteiger partial charge < -0.3 is 5.32 Å². The van der Waals surface area contributed by atoms with E-state index >= 15 is 0 Å². The van der Waals surface area contributed by atoms with Crippen LogP contribution >= 0.6 is 0 Å². The van der Waals surface area contributed by atoms with Crippen molar-refractivity contribution >= 4 is 0 Å². The highest BCUT2D eigenvalue weighted by atomic mass is 19.1. The first-order valence-electron chi connectivity index (χ1n) is 6.69. The molecule has 1 unspecified atom stereocenters. The van der Waals surface area contributed by atoms with E-state index in [1.807, 2.05) is 17.8 Å². The maximum absolute atomic E-state index is 13.3. The highest BCUT2D eigenvalue weighted by molar-refractivity contribution is 5.60. The van der Waals surface area contributed by atoms with Gasteiger partial charge in [-0.3, -0.25) is 4.68 Å². The van der Waals surface area contributed by atoms with E-state index in [-0.39, 0.29) is 5.82 Å². The van der Waals surface area contributed by atoms with Gasteiger partial charge >= 0.3 is 0 Å². The third-order valence-corrected chi connectivity index (χ3v) is 3.79. The van der Waals surface area contributed by atoms with Crippen LogP contribution in [-0.2, 0) is 7.05 Å². The Kier molecular flexibility index (Phi) is 3.11. The Balaban J connectivity index is 1.96. The summed E-state index contributed by atoms with van der Waals surface area (Å²) >= 11 is 0. The Labute approximate surface area is 112 Å². The summed E-state index contributed by atoms with van der Waals surface area (Å²) < 4.78 is 15.2. The van der Waals surface area contributed by atoms with Crippen molar-refractivity contribution in [2.24, 2.45) is 7.05 Å². The Morgan fingerprint density at radius 3 is 2.89 bits per heavy atom. The predicted molar refractivity (Wildman–Crippen MR) is 73.3 cm³/mol. The summed E-state index contributed by atoms with van der Waals surface area (Å²) in [5.74, 6) is -0.169. The molecule has 1 aromatic carbocycles. The van der Waals surface area contributed by atoms with Crippen molar-refractivity contribution in [2.75, 3.05) is 6.54 Å². The van der Waals surface area contributed by atoms with Gasteiger partial charge in [0.2, 0.25) is 0 Å². The van der Waals surface area contributed by atoms with Crippen molar-refractivity contribution < 1.29 is 4.39 Å². The zero-order chi connectivity index (χ0) is 13.4. The van der Waals surface area contributed by atoms with Gasteiger partial charge in [-0.1, -0.05) is 0 Å². The fraction of sp³-hybridized carbons (Fsp3) is 0.400. The molecule has 3 nitrogen and oxygen atoms in total. The molecular weight excluding hydrogens is 241 g/mol. The molecule has 100 valence electrons. The maximum Gasteiger partial charge on any atom is 0.126 e. The number of aromatic nitrogens is 2. The molecule has 1 atom stereocenters. The van der Waals surface area contributed by atoms with E-state index in [0.717, 1.165) is 24.2 Å². The second-order valence-corrected chi connectivity index (χ2v) is 5.19. The Hall–Kier alpha value is -1.68. The van der Waals surface area contributed by atoms with Crippen LogP contribution in [0.1, 0.15) is 30.1 Å². The molecular formula is C15H18FN3. The van der Waals surface area contributed by atoms with Crippen molar-refractivity contribution in [1.82, 2.24) is 15.1 Å². The van der Waals surface area contributed by atoms with Gasteiger partial charge in [0, 0.05) is 18.7 Å². The summed E-state index contributed by atoms with van der Waals surface area (Å²) in [4.78, 5) is 0. The van der Waals surface area contributed by atoms with Crippen molar-refractivity contribution in [2.45, 2.75) is 25.8 Å². The van der Waals surface area contributed by atoms with Crippen LogP contribution in [0.5, 0.6) is 0 Å². The average molecular weight is 259 g/mol. The number of hydrogen-bond acceptors (Lipinski definition) is 2. The van der Waals surface area contributed by atoms with Crippen LogP contribution in [0.2, 0.25) is 0 Å². The van der Waals surface area contributed by atoms with Crippen LogP contribution in [0.4, 0.5) is 4.39 Å². The van der Waals surface area contributed by atoms with Gasteiger partial charge in [-0.05, 0) is 56.1 Å². The molecule has 2 aromatic rings. The first-order chi connectivity index (χ1) is 9.15. The van der Waals surface area contributed by atoms with Crippen LogP contribution in [0.3, 0.4) is 0 Å². The van der Waals surface area contributed by atoms with Crippen LogP contribution in [0.15, 0.2) is 24.3 Å².